The lowest BCUT2D eigenvalue weighted by atomic mass is 10.2. The van der Waals surface area contributed by atoms with Gasteiger partial charge in [-0.15, -0.1) is 0 Å². The molecule has 1 aromatic rings. The van der Waals surface area contributed by atoms with Crippen LogP contribution in [0.3, 0.4) is 0 Å². The number of benzene rings is 1. The molecule has 82 valence electrons. The fraction of sp³-hybridized carbons (Fsp3) is 0.125. The van der Waals surface area contributed by atoms with Gasteiger partial charge in [-0.05, 0) is 18.6 Å². The van der Waals surface area contributed by atoms with Crippen molar-refractivity contribution in [3.8, 4) is 0 Å². The average molecular weight is 248 g/mol. The zero-order valence-corrected chi connectivity index (χ0v) is 9.34. The Morgan fingerprint density at radius 3 is 2.60 bits per heavy atom. The lowest BCUT2D eigenvalue weighted by Gasteiger charge is -2.24. The summed E-state index contributed by atoms with van der Waals surface area (Å²) in [5, 5.41) is 0.151. The minimum Gasteiger partial charge on any atom is -0.755 e. The van der Waals surface area contributed by atoms with Gasteiger partial charge in [-0.3, -0.25) is 4.21 Å². The van der Waals surface area contributed by atoms with E-state index in [2.05, 4.69) is 0 Å². The van der Waals surface area contributed by atoms with Gasteiger partial charge >= 0.3 is 6.03 Å². The molecule has 0 aliphatic rings. The number of anilines is 1. The molecule has 2 N–H and O–H groups in total. The van der Waals surface area contributed by atoms with Crippen LogP contribution < -0.4 is 10.0 Å². The zero-order chi connectivity index (χ0) is 11.6. The number of nitrogens with two attached hydrogens (primary N) is 1. The Labute approximate surface area is 94.2 Å². The third kappa shape index (κ3) is 2.47. The maximum absolute atomic E-state index is 10.9. The number of urea groups is 1. The van der Waals surface area contributed by atoms with Gasteiger partial charge in [0.25, 0.3) is 0 Å². The Bertz CT molecular complexity index is 390. The van der Waals surface area contributed by atoms with E-state index in [1.807, 2.05) is 0 Å². The van der Waals surface area contributed by atoms with Crippen molar-refractivity contribution in [3.05, 3.63) is 28.8 Å². The lowest BCUT2D eigenvalue weighted by Crippen LogP contribution is -2.37. The highest BCUT2D eigenvalue weighted by Crippen LogP contribution is 2.29. The standard InChI is InChI=1S/C8H9ClN2O3S/c1-5-3-2-4-6(9)7(5)11(8(10)12)15(13)14/h2-4H,1H3,(H2,10,12)(H,13,14)/p-1. The molecule has 0 saturated heterocycles. The first-order valence-corrected chi connectivity index (χ1v) is 5.30. The Morgan fingerprint density at radius 2 is 2.20 bits per heavy atom. The molecule has 1 unspecified atom stereocenters. The number of carbonyl (C=O) groups is 1. The van der Waals surface area contributed by atoms with Gasteiger partial charge in [-0.25, -0.2) is 9.10 Å². The van der Waals surface area contributed by atoms with Crippen molar-refractivity contribution in [1.82, 2.24) is 0 Å². The second-order valence-corrected chi connectivity index (χ2v) is 3.96. The van der Waals surface area contributed by atoms with E-state index in [0.717, 1.165) is 0 Å². The Hall–Kier alpha value is -1.11. The maximum atomic E-state index is 10.9. The fourth-order valence-corrected chi connectivity index (χ4v) is 2.03. The number of halogens is 1. The summed E-state index contributed by atoms with van der Waals surface area (Å²) >= 11 is 3.01. The number of carbonyl (C=O) groups excluding carboxylic acids is 1. The van der Waals surface area contributed by atoms with Gasteiger partial charge in [-0.2, -0.15) is 0 Å². The van der Waals surface area contributed by atoms with Crippen molar-refractivity contribution < 1.29 is 13.6 Å². The molecular weight excluding hydrogens is 240 g/mol. The van der Waals surface area contributed by atoms with Gasteiger partial charge in [0.15, 0.2) is 0 Å². The van der Waals surface area contributed by atoms with E-state index >= 15 is 0 Å². The van der Waals surface area contributed by atoms with Crippen LogP contribution >= 0.6 is 11.6 Å². The van der Waals surface area contributed by atoms with Crippen LogP contribution in [0.4, 0.5) is 10.5 Å². The number of primary amides is 1. The number of hydrogen-bond acceptors (Lipinski definition) is 3. The summed E-state index contributed by atoms with van der Waals surface area (Å²) in [7, 11) is 0. The molecule has 0 radical (unpaired) electrons. The molecule has 1 atom stereocenters. The SMILES string of the molecule is Cc1cccc(Cl)c1N(C(N)=O)S(=O)[O-]. The van der Waals surface area contributed by atoms with Gasteiger partial charge in [-0.1, -0.05) is 23.7 Å². The number of hydrogen-bond donors (Lipinski definition) is 1. The first-order chi connectivity index (χ1) is 6.95. The van der Waals surface area contributed by atoms with E-state index < -0.39 is 17.3 Å². The monoisotopic (exact) mass is 247 g/mol. The van der Waals surface area contributed by atoms with E-state index in [-0.39, 0.29) is 10.7 Å². The largest absolute Gasteiger partial charge is 0.755 e. The summed E-state index contributed by atoms with van der Waals surface area (Å²) in [5.41, 5.74) is 5.57. The Balaban J connectivity index is 3.35. The quantitative estimate of drug-likeness (QED) is 0.800. The number of para-hydroxylation sites is 1. The molecule has 0 bridgehead atoms. The van der Waals surface area contributed by atoms with Gasteiger partial charge in [0.1, 0.15) is 0 Å². The normalized spacial score (nSPS) is 12.2. The van der Waals surface area contributed by atoms with Gasteiger partial charge in [0.05, 0.1) is 22.0 Å². The fourth-order valence-electron chi connectivity index (χ4n) is 1.14. The molecule has 0 aliphatic heterocycles. The number of nitrogens with zero attached hydrogens (tertiary/aromatic N) is 1. The van der Waals surface area contributed by atoms with Crippen LogP contribution in [0.25, 0.3) is 0 Å². The molecule has 0 aromatic heterocycles. The van der Waals surface area contributed by atoms with Gasteiger partial charge < -0.3 is 10.3 Å². The summed E-state index contributed by atoms with van der Waals surface area (Å²) in [4.78, 5) is 10.9. The molecule has 0 aliphatic carbocycles. The van der Waals surface area contributed by atoms with Crippen LogP contribution in [0, 0.1) is 6.92 Å². The van der Waals surface area contributed by atoms with E-state index in [1.54, 1.807) is 19.1 Å². The highest BCUT2D eigenvalue weighted by molar-refractivity contribution is 7.81. The minimum atomic E-state index is -2.78. The van der Waals surface area contributed by atoms with Crippen molar-refractivity contribution in [2.75, 3.05) is 4.31 Å². The highest BCUT2D eigenvalue weighted by atomic mass is 35.5. The summed E-state index contributed by atoms with van der Waals surface area (Å²) in [6, 6.07) is 3.66. The average Bonchev–Trinajstić information content (AvgIpc) is 2.09. The number of aryl methyl sites for hydroxylation is 1. The van der Waals surface area contributed by atoms with Crippen molar-refractivity contribution >= 4 is 34.6 Å². The molecule has 0 fully saturated rings. The molecule has 0 saturated carbocycles. The van der Waals surface area contributed by atoms with Crippen LogP contribution in [0.2, 0.25) is 5.02 Å². The third-order valence-corrected chi connectivity index (χ3v) is 2.71. The third-order valence-electron chi connectivity index (χ3n) is 1.74. The molecule has 5 nitrogen and oxygen atoms in total. The highest BCUT2D eigenvalue weighted by Gasteiger charge is 2.18. The Morgan fingerprint density at radius 1 is 1.60 bits per heavy atom. The molecule has 1 aromatic carbocycles. The summed E-state index contributed by atoms with van der Waals surface area (Å²) < 4.78 is 22.0. The number of amides is 2. The molecule has 0 heterocycles. The van der Waals surface area contributed by atoms with E-state index in [4.69, 9.17) is 17.3 Å². The topological polar surface area (TPSA) is 86.5 Å². The molecule has 0 spiro atoms. The van der Waals surface area contributed by atoms with Crippen molar-refractivity contribution in [1.29, 1.82) is 0 Å². The second kappa shape index (κ2) is 4.61. The maximum Gasteiger partial charge on any atom is 0.330 e. The first-order valence-electron chi connectivity index (χ1n) is 3.89. The molecule has 7 heteroatoms. The van der Waals surface area contributed by atoms with Crippen LogP contribution in [0.5, 0.6) is 0 Å². The molecule has 2 amide bonds. The zero-order valence-electron chi connectivity index (χ0n) is 7.77. The summed E-state index contributed by atoms with van der Waals surface area (Å²) in [5.74, 6) is 0. The van der Waals surface area contributed by atoms with Gasteiger partial charge in [0.2, 0.25) is 0 Å². The van der Waals surface area contributed by atoms with Crippen LogP contribution in [0.1, 0.15) is 5.56 Å². The summed E-state index contributed by atoms with van der Waals surface area (Å²) in [6.07, 6.45) is 0. The van der Waals surface area contributed by atoms with Gasteiger partial charge in [0, 0.05) is 0 Å². The minimum absolute atomic E-state index is 0.0833. The second-order valence-electron chi connectivity index (χ2n) is 2.76. The first kappa shape index (κ1) is 12.0. The van der Waals surface area contributed by atoms with Crippen molar-refractivity contribution in [2.24, 2.45) is 5.73 Å². The van der Waals surface area contributed by atoms with Crippen LogP contribution in [-0.4, -0.2) is 14.8 Å². The predicted molar refractivity (Wildman–Crippen MR) is 57.2 cm³/mol. The molecule has 15 heavy (non-hydrogen) atoms. The van der Waals surface area contributed by atoms with Crippen molar-refractivity contribution in [3.63, 3.8) is 0 Å². The van der Waals surface area contributed by atoms with E-state index in [0.29, 0.717) is 9.87 Å². The molecule has 1 rings (SSSR count). The lowest BCUT2D eigenvalue weighted by molar-refractivity contribution is 0.256. The van der Waals surface area contributed by atoms with E-state index in [1.165, 1.54) is 6.07 Å². The Kier molecular flexibility index (Phi) is 3.67. The smallest absolute Gasteiger partial charge is 0.330 e. The van der Waals surface area contributed by atoms with Crippen molar-refractivity contribution in [2.45, 2.75) is 6.92 Å². The van der Waals surface area contributed by atoms with E-state index in [9.17, 15) is 13.6 Å². The molecular formula is C8H8ClN2O3S-. The van der Waals surface area contributed by atoms with Crippen LogP contribution in [-0.2, 0) is 11.3 Å². The predicted octanol–water partition coefficient (Wildman–Crippen LogP) is 1.33. The number of rotatable bonds is 2. The summed E-state index contributed by atoms with van der Waals surface area (Å²) in [6.45, 7) is 1.63. The van der Waals surface area contributed by atoms with Crippen LogP contribution in [0.15, 0.2) is 18.2 Å².